The molecule has 0 spiro atoms. The Hall–Kier alpha value is -1.39. The van der Waals surface area contributed by atoms with Gasteiger partial charge in [-0.1, -0.05) is 30.3 Å². The van der Waals surface area contributed by atoms with Crippen LogP contribution < -0.4 is 5.32 Å². The fourth-order valence-electron chi connectivity index (χ4n) is 1.73. The van der Waals surface area contributed by atoms with E-state index in [0.29, 0.717) is 13.0 Å². The van der Waals surface area contributed by atoms with Crippen molar-refractivity contribution in [1.82, 2.24) is 5.32 Å². The number of carbonyl (C=O) groups is 1. The van der Waals surface area contributed by atoms with Crippen LogP contribution in [-0.2, 0) is 9.53 Å². The van der Waals surface area contributed by atoms with Gasteiger partial charge >= 0.3 is 0 Å². The van der Waals surface area contributed by atoms with Crippen LogP contribution in [0.4, 0.5) is 0 Å². The SMILES string of the molecule is COCCC(C)(O)CNC(=O)C(C)c1ccccc1. The third kappa shape index (κ3) is 5.41. The number of hydrogen-bond acceptors (Lipinski definition) is 3. The van der Waals surface area contributed by atoms with E-state index in [0.717, 1.165) is 5.56 Å². The van der Waals surface area contributed by atoms with Crippen molar-refractivity contribution in [1.29, 1.82) is 0 Å². The Morgan fingerprint density at radius 2 is 2.05 bits per heavy atom. The van der Waals surface area contributed by atoms with Crippen molar-refractivity contribution in [2.75, 3.05) is 20.3 Å². The number of hydrogen-bond donors (Lipinski definition) is 2. The Labute approximate surface area is 114 Å². The van der Waals surface area contributed by atoms with Crippen LogP contribution in [0.1, 0.15) is 31.7 Å². The van der Waals surface area contributed by atoms with Gasteiger partial charge in [0.25, 0.3) is 0 Å². The Morgan fingerprint density at radius 3 is 2.63 bits per heavy atom. The first kappa shape index (κ1) is 15.7. The van der Waals surface area contributed by atoms with Crippen molar-refractivity contribution >= 4 is 5.91 Å². The van der Waals surface area contributed by atoms with Gasteiger partial charge in [0.1, 0.15) is 0 Å². The van der Waals surface area contributed by atoms with Crippen LogP contribution in [-0.4, -0.2) is 36.9 Å². The Kier molecular flexibility index (Phi) is 5.99. The fourth-order valence-corrected chi connectivity index (χ4v) is 1.73. The van der Waals surface area contributed by atoms with Gasteiger partial charge in [0.15, 0.2) is 0 Å². The zero-order chi connectivity index (χ0) is 14.3. The molecule has 106 valence electrons. The van der Waals surface area contributed by atoms with E-state index in [1.807, 2.05) is 37.3 Å². The lowest BCUT2D eigenvalue weighted by Crippen LogP contribution is -2.42. The van der Waals surface area contributed by atoms with Crippen molar-refractivity contribution in [3.05, 3.63) is 35.9 Å². The predicted molar refractivity (Wildman–Crippen MR) is 75.0 cm³/mol. The third-order valence-corrected chi connectivity index (χ3v) is 3.18. The lowest BCUT2D eigenvalue weighted by molar-refractivity contribution is -0.123. The number of ether oxygens (including phenoxy) is 1. The molecule has 2 unspecified atom stereocenters. The lowest BCUT2D eigenvalue weighted by Gasteiger charge is -2.24. The molecular formula is C15H23NO3. The molecular weight excluding hydrogens is 242 g/mol. The van der Waals surface area contributed by atoms with Gasteiger partial charge in [-0.15, -0.1) is 0 Å². The van der Waals surface area contributed by atoms with E-state index >= 15 is 0 Å². The second-order valence-corrected chi connectivity index (χ2v) is 5.09. The molecule has 1 aromatic rings. The summed E-state index contributed by atoms with van der Waals surface area (Å²) in [6, 6.07) is 9.59. The van der Waals surface area contributed by atoms with Crippen LogP contribution >= 0.6 is 0 Å². The molecule has 1 aromatic carbocycles. The standard InChI is InChI=1S/C15H23NO3/c1-12(13-7-5-4-6-8-13)14(17)16-11-15(2,18)9-10-19-3/h4-8,12,18H,9-11H2,1-3H3,(H,16,17). The summed E-state index contributed by atoms with van der Waals surface area (Å²) in [5.74, 6) is -0.302. The summed E-state index contributed by atoms with van der Waals surface area (Å²) in [6.45, 7) is 4.25. The van der Waals surface area contributed by atoms with Crippen molar-refractivity contribution in [2.24, 2.45) is 0 Å². The van der Waals surface area contributed by atoms with Crippen molar-refractivity contribution in [3.63, 3.8) is 0 Å². The average Bonchev–Trinajstić information content (AvgIpc) is 2.43. The highest BCUT2D eigenvalue weighted by atomic mass is 16.5. The molecule has 4 nitrogen and oxygen atoms in total. The second-order valence-electron chi connectivity index (χ2n) is 5.09. The highest BCUT2D eigenvalue weighted by molar-refractivity contribution is 5.83. The normalized spacial score (nSPS) is 15.6. The first-order valence-corrected chi connectivity index (χ1v) is 6.50. The number of rotatable bonds is 7. The first-order valence-electron chi connectivity index (χ1n) is 6.50. The van der Waals surface area contributed by atoms with E-state index in [2.05, 4.69) is 5.32 Å². The Balaban J connectivity index is 2.47. The van der Waals surface area contributed by atoms with Crippen molar-refractivity contribution < 1.29 is 14.6 Å². The summed E-state index contributed by atoms with van der Waals surface area (Å²) in [6.07, 6.45) is 0.490. The van der Waals surface area contributed by atoms with Gasteiger partial charge in [0.05, 0.1) is 11.5 Å². The maximum Gasteiger partial charge on any atom is 0.227 e. The topological polar surface area (TPSA) is 58.6 Å². The molecule has 0 heterocycles. The quantitative estimate of drug-likeness (QED) is 0.789. The summed E-state index contributed by atoms with van der Waals surface area (Å²) in [5.41, 5.74) is 0.0266. The van der Waals surface area contributed by atoms with Gasteiger partial charge in [-0.05, 0) is 19.4 Å². The van der Waals surface area contributed by atoms with Crippen LogP contribution in [0, 0.1) is 0 Å². The maximum absolute atomic E-state index is 12.0. The zero-order valence-electron chi connectivity index (χ0n) is 11.8. The van der Waals surface area contributed by atoms with Gasteiger partial charge < -0.3 is 15.2 Å². The number of amides is 1. The minimum atomic E-state index is -0.942. The molecule has 1 amide bonds. The first-order chi connectivity index (χ1) is 8.96. The molecule has 1 rings (SSSR count). The van der Waals surface area contributed by atoms with Crippen LogP contribution in [0.2, 0.25) is 0 Å². The Morgan fingerprint density at radius 1 is 1.42 bits per heavy atom. The van der Waals surface area contributed by atoms with Crippen LogP contribution in [0.25, 0.3) is 0 Å². The monoisotopic (exact) mass is 265 g/mol. The fraction of sp³-hybridized carbons (Fsp3) is 0.533. The lowest BCUT2D eigenvalue weighted by atomic mass is 9.99. The van der Waals surface area contributed by atoms with Gasteiger partial charge in [-0.25, -0.2) is 0 Å². The summed E-state index contributed by atoms with van der Waals surface area (Å²) >= 11 is 0. The predicted octanol–water partition coefficient (Wildman–Crippen LogP) is 1.69. The minimum Gasteiger partial charge on any atom is -0.388 e. The third-order valence-electron chi connectivity index (χ3n) is 3.18. The molecule has 0 aliphatic heterocycles. The van der Waals surface area contributed by atoms with Crippen LogP contribution in [0.15, 0.2) is 30.3 Å². The molecule has 0 radical (unpaired) electrons. The van der Waals surface area contributed by atoms with E-state index in [1.54, 1.807) is 14.0 Å². The molecule has 0 bridgehead atoms. The maximum atomic E-state index is 12.0. The van der Waals surface area contributed by atoms with Gasteiger partial charge in [0, 0.05) is 26.7 Å². The highest BCUT2D eigenvalue weighted by Gasteiger charge is 2.22. The van der Waals surface area contributed by atoms with Crippen LogP contribution in [0.5, 0.6) is 0 Å². The van der Waals surface area contributed by atoms with E-state index in [9.17, 15) is 9.90 Å². The molecule has 0 fully saturated rings. The molecule has 4 heteroatoms. The number of carbonyl (C=O) groups excluding carboxylic acids is 1. The molecule has 0 aliphatic rings. The number of nitrogens with one attached hydrogen (secondary N) is 1. The summed E-state index contributed by atoms with van der Waals surface area (Å²) in [7, 11) is 1.59. The molecule has 0 saturated carbocycles. The molecule has 2 N–H and O–H groups in total. The number of benzene rings is 1. The van der Waals surface area contributed by atoms with E-state index < -0.39 is 5.60 Å². The summed E-state index contributed by atoms with van der Waals surface area (Å²) in [5, 5.41) is 12.8. The van der Waals surface area contributed by atoms with Gasteiger partial charge in [0.2, 0.25) is 5.91 Å². The molecule has 0 saturated heterocycles. The van der Waals surface area contributed by atoms with E-state index in [-0.39, 0.29) is 18.4 Å². The molecule has 0 aromatic heterocycles. The highest BCUT2D eigenvalue weighted by Crippen LogP contribution is 2.15. The second kappa shape index (κ2) is 7.26. The Bertz CT molecular complexity index is 390. The zero-order valence-corrected chi connectivity index (χ0v) is 11.8. The minimum absolute atomic E-state index is 0.0797. The number of methoxy groups -OCH3 is 1. The summed E-state index contributed by atoms with van der Waals surface area (Å²) in [4.78, 5) is 12.0. The molecule has 0 aliphatic carbocycles. The number of aliphatic hydroxyl groups is 1. The van der Waals surface area contributed by atoms with Gasteiger partial charge in [-0.3, -0.25) is 4.79 Å². The van der Waals surface area contributed by atoms with Crippen molar-refractivity contribution in [2.45, 2.75) is 31.8 Å². The van der Waals surface area contributed by atoms with E-state index in [1.165, 1.54) is 0 Å². The smallest absolute Gasteiger partial charge is 0.227 e. The van der Waals surface area contributed by atoms with Gasteiger partial charge in [-0.2, -0.15) is 0 Å². The molecule has 2 atom stereocenters. The average molecular weight is 265 g/mol. The van der Waals surface area contributed by atoms with Crippen LogP contribution in [0.3, 0.4) is 0 Å². The van der Waals surface area contributed by atoms with Crippen molar-refractivity contribution in [3.8, 4) is 0 Å². The largest absolute Gasteiger partial charge is 0.388 e. The van der Waals surface area contributed by atoms with E-state index in [4.69, 9.17) is 4.74 Å². The molecule has 19 heavy (non-hydrogen) atoms. The summed E-state index contributed by atoms with van der Waals surface area (Å²) < 4.78 is 4.93.